The maximum atomic E-state index is 11.7. The Hall–Kier alpha value is -0.360. The number of aryl methyl sites for hydroxylation is 1. The van der Waals surface area contributed by atoms with Gasteiger partial charge >= 0.3 is 5.97 Å². The van der Waals surface area contributed by atoms with E-state index in [-0.39, 0.29) is 30.8 Å². The fourth-order valence-electron chi connectivity index (χ4n) is 2.05. The van der Waals surface area contributed by atoms with Crippen LogP contribution in [0.25, 0.3) is 0 Å². The number of aromatic nitrogens is 1. The molecule has 1 aromatic rings. The van der Waals surface area contributed by atoms with Crippen molar-refractivity contribution in [3.05, 3.63) is 15.6 Å². The Kier molecular flexibility index (Phi) is 8.57. The lowest BCUT2D eigenvalue weighted by atomic mass is 9.99. The molecule has 1 N–H and O–H groups in total. The Morgan fingerprint density at radius 3 is 2.63 bits per heavy atom. The molecule has 0 spiro atoms. The summed E-state index contributed by atoms with van der Waals surface area (Å²) in [5.74, 6) is 0.269. The van der Waals surface area contributed by atoms with Gasteiger partial charge in [0.15, 0.2) is 0 Å². The lowest BCUT2D eigenvalue weighted by Gasteiger charge is -2.20. The molecule has 4 nitrogen and oxygen atoms in total. The minimum atomic E-state index is -0.234. The second-order valence-electron chi connectivity index (χ2n) is 4.21. The average molecular weight is 327 g/mol. The van der Waals surface area contributed by atoms with Gasteiger partial charge in [0.2, 0.25) is 0 Å². The van der Waals surface area contributed by atoms with Crippen molar-refractivity contribution >= 4 is 42.1 Å². The summed E-state index contributed by atoms with van der Waals surface area (Å²) in [5, 5.41) is 4.42. The summed E-state index contributed by atoms with van der Waals surface area (Å²) >= 11 is 1.50. The first-order chi connectivity index (χ1) is 8.22. The van der Waals surface area contributed by atoms with Crippen LogP contribution in [-0.2, 0) is 4.74 Å². The lowest BCUT2D eigenvalue weighted by molar-refractivity contribution is 0.0531. The van der Waals surface area contributed by atoms with Crippen LogP contribution in [0.15, 0.2) is 0 Å². The normalized spacial score (nSPS) is 15.3. The molecule has 1 saturated heterocycles. The summed E-state index contributed by atoms with van der Waals surface area (Å²) in [4.78, 5) is 16.9. The zero-order chi connectivity index (χ0) is 12.3. The van der Waals surface area contributed by atoms with Gasteiger partial charge in [-0.15, -0.1) is 36.2 Å². The molecular formula is C12H20Cl2N2O2S. The Morgan fingerprint density at radius 1 is 1.42 bits per heavy atom. The van der Waals surface area contributed by atoms with E-state index in [0.717, 1.165) is 36.6 Å². The van der Waals surface area contributed by atoms with Crippen LogP contribution in [0.4, 0.5) is 0 Å². The molecule has 1 aromatic heterocycles. The van der Waals surface area contributed by atoms with E-state index >= 15 is 0 Å². The van der Waals surface area contributed by atoms with E-state index in [1.807, 2.05) is 13.8 Å². The average Bonchev–Trinajstić information content (AvgIpc) is 2.73. The number of esters is 1. The van der Waals surface area contributed by atoms with Gasteiger partial charge < -0.3 is 10.1 Å². The minimum Gasteiger partial charge on any atom is -0.462 e. The number of halogens is 2. The molecule has 0 bridgehead atoms. The highest BCUT2D eigenvalue weighted by atomic mass is 35.5. The predicted octanol–water partition coefficient (Wildman–Crippen LogP) is 2.94. The van der Waals surface area contributed by atoms with Gasteiger partial charge in [0.1, 0.15) is 4.88 Å². The molecule has 2 rings (SSSR count). The number of carbonyl (C=O) groups is 1. The molecule has 0 unspecified atom stereocenters. The maximum Gasteiger partial charge on any atom is 0.350 e. The Bertz CT molecular complexity index is 406. The monoisotopic (exact) mass is 326 g/mol. The van der Waals surface area contributed by atoms with Crippen LogP contribution >= 0.6 is 36.2 Å². The molecule has 0 amide bonds. The van der Waals surface area contributed by atoms with Crippen LogP contribution in [0.1, 0.15) is 46.1 Å². The van der Waals surface area contributed by atoms with Crippen molar-refractivity contribution in [2.45, 2.75) is 32.6 Å². The molecule has 0 radical (unpaired) electrons. The largest absolute Gasteiger partial charge is 0.462 e. The van der Waals surface area contributed by atoms with Crippen molar-refractivity contribution in [3.63, 3.8) is 0 Å². The van der Waals surface area contributed by atoms with E-state index in [2.05, 4.69) is 10.3 Å². The van der Waals surface area contributed by atoms with E-state index in [9.17, 15) is 4.79 Å². The Labute approximate surface area is 130 Å². The first-order valence-corrected chi connectivity index (χ1v) is 6.89. The minimum absolute atomic E-state index is 0. The number of ether oxygens (including phenoxy) is 1. The second kappa shape index (κ2) is 8.74. The molecular weight excluding hydrogens is 307 g/mol. The Balaban J connectivity index is 0.00000162. The summed E-state index contributed by atoms with van der Waals surface area (Å²) in [5.41, 5.74) is 0.807. The number of rotatable bonds is 3. The van der Waals surface area contributed by atoms with Crippen LogP contribution in [0, 0.1) is 6.92 Å². The zero-order valence-electron chi connectivity index (χ0n) is 11.1. The second-order valence-corrected chi connectivity index (χ2v) is 5.24. The fourth-order valence-corrected chi connectivity index (χ4v) is 3.18. The van der Waals surface area contributed by atoms with Crippen molar-refractivity contribution in [2.75, 3.05) is 19.7 Å². The van der Waals surface area contributed by atoms with E-state index in [0.29, 0.717) is 17.4 Å². The highest BCUT2D eigenvalue weighted by Crippen LogP contribution is 2.31. The summed E-state index contributed by atoms with van der Waals surface area (Å²) in [6.07, 6.45) is 2.21. The van der Waals surface area contributed by atoms with Crippen molar-refractivity contribution in [3.8, 4) is 0 Å². The standard InChI is InChI=1S/C12H18N2O2S.2ClH/c1-3-16-12(15)10-8(2)14-11(17-10)9-4-6-13-7-5-9;;/h9,13H,3-7H2,1-2H3;2*1H. The lowest BCUT2D eigenvalue weighted by Crippen LogP contribution is -2.26. The van der Waals surface area contributed by atoms with E-state index in [1.165, 1.54) is 11.3 Å². The number of piperidine rings is 1. The fraction of sp³-hybridized carbons (Fsp3) is 0.667. The van der Waals surface area contributed by atoms with Crippen molar-refractivity contribution in [1.82, 2.24) is 10.3 Å². The quantitative estimate of drug-likeness (QED) is 0.867. The van der Waals surface area contributed by atoms with Gasteiger partial charge in [-0.3, -0.25) is 0 Å². The van der Waals surface area contributed by atoms with Gasteiger partial charge in [-0.1, -0.05) is 0 Å². The van der Waals surface area contributed by atoms with Gasteiger partial charge in [-0.2, -0.15) is 0 Å². The van der Waals surface area contributed by atoms with E-state index in [1.54, 1.807) is 0 Å². The molecule has 1 fully saturated rings. The van der Waals surface area contributed by atoms with Gasteiger partial charge in [0.05, 0.1) is 17.3 Å². The van der Waals surface area contributed by atoms with Crippen molar-refractivity contribution in [2.24, 2.45) is 0 Å². The SMILES string of the molecule is CCOC(=O)c1sc(C2CCNCC2)nc1C.Cl.Cl. The maximum absolute atomic E-state index is 11.7. The van der Waals surface area contributed by atoms with Gasteiger partial charge in [-0.25, -0.2) is 9.78 Å². The highest BCUT2D eigenvalue weighted by molar-refractivity contribution is 7.13. The Morgan fingerprint density at radius 2 is 2.05 bits per heavy atom. The highest BCUT2D eigenvalue weighted by Gasteiger charge is 2.22. The topological polar surface area (TPSA) is 51.2 Å². The van der Waals surface area contributed by atoms with Crippen LogP contribution in [0.2, 0.25) is 0 Å². The third-order valence-electron chi connectivity index (χ3n) is 2.96. The summed E-state index contributed by atoms with van der Waals surface area (Å²) < 4.78 is 5.03. The van der Waals surface area contributed by atoms with E-state index in [4.69, 9.17) is 4.74 Å². The zero-order valence-corrected chi connectivity index (χ0v) is 13.6. The number of nitrogens with zero attached hydrogens (tertiary/aromatic N) is 1. The first-order valence-electron chi connectivity index (χ1n) is 6.07. The molecule has 0 saturated carbocycles. The number of hydrogen-bond donors (Lipinski definition) is 1. The summed E-state index contributed by atoms with van der Waals surface area (Å²) in [6, 6.07) is 0. The van der Waals surface area contributed by atoms with Crippen molar-refractivity contribution in [1.29, 1.82) is 0 Å². The summed E-state index contributed by atoms with van der Waals surface area (Å²) in [7, 11) is 0. The predicted molar refractivity (Wildman–Crippen MR) is 82.1 cm³/mol. The molecule has 2 heterocycles. The molecule has 0 atom stereocenters. The van der Waals surface area contributed by atoms with Crippen LogP contribution in [0.5, 0.6) is 0 Å². The van der Waals surface area contributed by atoms with Gasteiger partial charge in [0.25, 0.3) is 0 Å². The molecule has 0 aromatic carbocycles. The first kappa shape index (κ1) is 18.6. The van der Waals surface area contributed by atoms with Crippen LogP contribution in [0.3, 0.4) is 0 Å². The van der Waals surface area contributed by atoms with Crippen LogP contribution < -0.4 is 5.32 Å². The molecule has 1 aliphatic heterocycles. The van der Waals surface area contributed by atoms with Crippen molar-refractivity contribution < 1.29 is 9.53 Å². The molecule has 19 heavy (non-hydrogen) atoms. The molecule has 1 aliphatic rings. The number of thiazole rings is 1. The number of nitrogens with one attached hydrogen (secondary N) is 1. The third-order valence-corrected chi connectivity index (χ3v) is 4.26. The molecule has 110 valence electrons. The van der Waals surface area contributed by atoms with Gasteiger partial charge in [0, 0.05) is 5.92 Å². The van der Waals surface area contributed by atoms with Gasteiger partial charge in [-0.05, 0) is 39.8 Å². The van der Waals surface area contributed by atoms with Crippen LogP contribution in [-0.4, -0.2) is 30.6 Å². The van der Waals surface area contributed by atoms with E-state index < -0.39 is 0 Å². The summed E-state index contributed by atoms with van der Waals surface area (Å²) in [6.45, 7) is 6.20. The number of carbonyl (C=O) groups excluding carboxylic acids is 1. The number of hydrogen-bond acceptors (Lipinski definition) is 5. The molecule has 7 heteroatoms. The third kappa shape index (κ3) is 4.60. The smallest absolute Gasteiger partial charge is 0.350 e. The molecule has 0 aliphatic carbocycles.